The summed E-state index contributed by atoms with van der Waals surface area (Å²) in [6.07, 6.45) is 0. The lowest BCUT2D eigenvalue weighted by atomic mass is 10.1. The molecule has 0 aliphatic heterocycles. The van der Waals surface area contributed by atoms with Crippen LogP contribution in [-0.4, -0.2) is 0 Å². The molecule has 4 N–H and O–H groups in total. The molecule has 2 nitrogen and oxygen atoms in total. The molecule has 66 valence electrons. The summed E-state index contributed by atoms with van der Waals surface area (Å²) >= 11 is 2.22. The van der Waals surface area contributed by atoms with Gasteiger partial charge in [0, 0.05) is 20.0 Å². The van der Waals surface area contributed by atoms with Crippen LogP contribution in [0.4, 0.5) is 11.4 Å². The summed E-state index contributed by atoms with van der Waals surface area (Å²) in [5.41, 5.74) is 13.3. The van der Waals surface area contributed by atoms with Gasteiger partial charge in [-0.05, 0) is 34.7 Å². The molecule has 2 aromatic rings. The van der Waals surface area contributed by atoms with Crippen molar-refractivity contribution in [3.63, 3.8) is 0 Å². The zero-order chi connectivity index (χ0) is 9.42. The van der Waals surface area contributed by atoms with Crippen LogP contribution < -0.4 is 11.5 Å². The molecule has 3 heteroatoms. The molecule has 0 aliphatic rings. The van der Waals surface area contributed by atoms with E-state index in [0.717, 1.165) is 25.7 Å². The Balaban J connectivity index is 2.94. The normalized spacial score (nSPS) is 10.5. The Labute approximate surface area is 90.1 Å². The average Bonchev–Trinajstić information content (AvgIpc) is 2.12. The van der Waals surface area contributed by atoms with Gasteiger partial charge in [-0.3, -0.25) is 0 Å². The van der Waals surface area contributed by atoms with Crippen molar-refractivity contribution in [1.82, 2.24) is 0 Å². The molecule has 0 spiro atoms. The van der Waals surface area contributed by atoms with E-state index in [0.29, 0.717) is 0 Å². The van der Waals surface area contributed by atoms with Gasteiger partial charge in [-0.2, -0.15) is 0 Å². The lowest BCUT2D eigenvalue weighted by molar-refractivity contribution is 1.67. The topological polar surface area (TPSA) is 52.0 Å². The quantitative estimate of drug-likeness (QED) is 0.577. The smallest absolute Gasteiger partial charge is 0.0530 e. The Hall–Kier alpha value is -0.970. The highest BCUT2D eigenvalue weighted by Gasteiger charge is 2.02. The van der Waals surface area contributed by atoms with Gasteiger partial charge in [0.15, 0.2) is 0 Å². The van der Waals surface area contributed by atoms with Crippen LogP contribution in [0.3, 0.4) is 0 Å². The first-order chi connectivity index (χ1) is 6.20. The van der Waals surface area contributed by atoms with Crippen LogP contribution in [0.15, 0.2) is 30.3 Å². The molecule has 0 amide bonds. The van der Waals surface area contributed by atoms with Gasteiger partial charge in [0.1, 0.15) is 0 Å². The van der Waals surface area contributed by atoms with Crippen molar-refractivity contribution in [2.75, 3.05) is 11.5 Å². The summed E-state index contributed by atoms with van der Waals surface area (Å²) in [5, 5.41) is 2.06. The van der Waals surface area contributed by atoms with Crippen molar-refractivity contribution >= 4 is 44.7 Å². The zero-order valence-corrected chi connectivity index (χ0v) is 9.08. The minimum Gasteiger partial charge on any atom is -0.398 e. The van der Waals surface area contributed by atoms with Crippen LogP contribution in [0, 0.1) is 3.57 Å². The predicted molar refractivity (Wildman–Crippen MR) is 65.5 cm³/mol. The van der Waals surface area contributed by atoms with Gasteiger partial charge in [-0.15, -0.1) is 0 Å². The molecule has 2 aromatic carbocycles. The molecule has 0 aliphatic carbocycles. The first kappa shape index (κ1) is 8.62. The van der Waals surface area contributed by atoms with Gasteiger partial charge in [0.05, 0.1) is 5.69 Å². The van der Waals surface area contributed by atoms with E-state index in [4.69, 9.17) is 11.5 Å². The second-order valence-electron chi connectivity index (χ2n) is 2.90. The molecule has 0 radical (unpaired) electrons. The first-order valence-corrected chi connectivity index (χ1v) is 5.00. The second-order valence-corrected chi connectivity index (χ2v) is 4.07. The summed E-state index contributed by atoms with van der Waals surface area (Å²) in [4.78, 5) is 0. The van der Waals surface area contributed by atoms with Crippen molar-refractivity contribution in [2.24, 2.45) is 0 Å². The maximum absolute atomic E-state index is 5.92. The molecular weight excluding hydrogens is 275 g/mol. The lowest BCUT2D eigenvalue weighted by Gasteiger charge is -2.05. The maximum Gasteiger partial charge on any atom is 0.0530 e. The fraction of sp³-hybridized carbons (Fsp3) is 0. The Morgan fingerprint density at radius 1 is 0.923 bits per heavy atom. The highest BCUT2D eigenvalue weighted by molar-refractivity contribution is 14.1. The molecule has 2 rings (SSSR count). The number of hydrogen-bond donors (Lipinski definition) is 2. The third-order valence-corrected chi connectivity index (χ3v) is 3.02. The van der Waals surface area contributed by atoms with Gasteiger partial charge in [-0.25, -0.2) is 0 Å². The Morgan fingerprint density at radius 3 is 2.46 bits per heavy atom. The van der Waals surface area contributed by atoms with Crippen LogP contribution in [0.1, 0.15) is 0 Å². The van der Waals surface area contributed by atoms with E-state index >= 15 is 0 Å². The summed E-state index contributed by atoms with van der Waals surface area (Å²) in [5.74, 6) is 0. The van der Waals surface area contributed by atoms with E-state index < -0.39 is 0 Å². The van der Waals surface area contributed by atoms with Crippen molar-refractivity contribution in [1.29, 1.82) is 0 Å². The van der Waals surface area contributed by atoms with E-state index in [1.54, 1.807) is 0 Å². The molecule has 0 unspecified atom stereocenters. The maximum atomic E-state index is 5.92. The van der Waals surface area contributed by atoms with Crippen LogP contribution in [0.25, 0.3) is 10.8 Å². The third-order valence-electron chi connectivity index (χ3n) is 2.08. The summed E-state index contributed by atoms with van der Waals surface area (Å²) < 4.78 is 1.07. The third kappa shape index (κ3) is 1.33. The molecule has 0 saturated carbocycles. The number of fused-ring (bicyclic) bond motifs is 1. The van der Waals surface area contributed by atoms with Crippen LogP contribution in [-0.2, 0) is 0 Å². The van der Waals surface area contributed by atoms with E-state index in [1.807, 2.05) is 30.3 Å². The van der Waals surface area contributed by atoms with Gasteiger partial charge >= 0.3 is 0 Å². The minimum atomic E-state index is 0.778. The second kappa shape index (κ2) is 3.06. The number of nitrogen functional groups attached to an aromatic ring is 2. The first-order valence-electron chi connectivity index (χ1n) is 3.92. The molecule has 0 atom stereocenters. The number of nitrogens with two attached hydrogens (primary N) is 2. The molecule has 0 heterocycles. The van der Waals surface area contributed by atoms with Crippen LogP contribution >= 0.6 is 22.6 Å². The van der Waals surface area contributed by atoms with Crippen LogP contribution in [0.5, 0.6) is 0 Å². The lowest BCUT2D eigenvalue weighted by Crippen LogP contribution is -1.93. The van der Waals surface area contributed by atoms with Crippen molar-refractivity contribution in [3.8, 4) is 0 Å². The summed E-state index contributed by atoms with van der Waals surface area (Å²) in [7, 11) is 0. The zero-order valence-electron chi connectivity index (χ0n) is 6.92. The average molecular weight is 284 g/mol. The molecule has 0 aromatic heterocycles. The van der Waals surface area contributed by atoms with E-state index in [-0.39, 0.29) is 0 Å². The van der Waals surface area contributed by atoms with Crippen molar-refractivity contribution in [2.45, 2.75) is 0 Å². The van der Waals surface area contributed by atoms with Crippen molar-refractivity contribution in [3.05, 3.63) is 33.9 Å². The summed E-state index contributed by atoms with van der Waals surface area (Å²) in [6, 6.07) is 9.78. The van der Waals surface area contributed by atoms with Gasteiger partial charge in [-0.1, -0.05) is 18.2 Å². The number of rotatable bonds is 0. The Morgan fingerprint density at radius 2 is 1.69 bits per heavy atom. The van der Waals surface area contributed by atoms with Gasteiger partial charge in [0.2, 0.25) is 0 Å². The molecule has 0 fully saturated rings. The predicted octanol–water partition coefficient (Wildman–Crippen LogP) is 2.61. The largest absolute Gasteiger partial charge is 0.398 e. The monoisotopic (exact) mass is 284 g/mol. The molecular formula is C10H9IN2. The molecule has 0 saturated heterocycles. The van der Waals surface area contributed by atoms with E-state index in [1.165, 1.54) is 0 Å². The van der Waals surface area contributed by atoms with Crippen LogP contribution in [0.2, 0.25) is 0 Å². The van der Waals surface area contributed by atoms with Crippen molar-refractivity contribution < 1.29 is 0 Å². The Bertz CT molecular complexity index is 466. The SMILES string of the molecule is Nc1cccc2c(N)c(I)ccc12. The van der Waals surface area contributed by atoms with E-state index in [9.17, 15) is 0 Å². The number of halogens is 1. The highest BCUT2D eigenvalue weighted by atomic mass is 127. The number of anilines is 2. The fourth-order valence-corrected chi connectivity index (χ4v) is 1.85. The fourth-order valence-electron chi connectivity index (χ4n) is 1.38. The minimum absolute atomic E-state index is 0.778. The highest BCUT2D eigenvalue weighted by Crippen LogP contribution is 2.29. The Kier molecular flexibility index (Phi) is 2.03. The molecule has 0 bridgehead atoms. The number of benzene rings is 2. The van der Waals surface area contributed by atoms with Gasteiger partial charge in [0.25, 0.3) is 0 Å². The van der Waals surface area contributed by atoms with E-state index in [2.05, 4.69) is 22.6 Å². The standard InChI is InChI=1S/C10H9IN2/c11-8-5-4-6-7(10(8)13)2-1-3-9(6)12/h1-5H,12-13H2. The summed E-state index contributed by atoms with van der Waals surface area (Å²) in [6.45, 7) is 0. The molecule has 13 heavy (non-hydrogen) atoms. The van der Waals surface area contributed by atoms with Gasteiger partial charge < -0.3 is 11.5 Å². The number of hydrogen-bond acceptors (Lipinski definition) is 2.